The molecular formula is C41H41FN12O3. The highest BCUT2D eigenvalue weighted by atomic mass is 19.1. The largest absolute Gasteiger partial charge is 0.507 e. The van der Waals surface area contributed by atoms with E-state index in [1.807, 2.05) is 36.4 Å². The van der Waals surface area contributed by atoms with Crippen LogP contribution in [0.1, 0.15) is 27.3 Å². The van der Waals surface area contributed by atoms with Gasteiger partial charge >= 0.3 is 0 Å². The van der Waals surface area contributed by atoms with Crippen LogP contribution in [-0.2, 0) is 24.3 Å². The van der Waals surface area contributed by atoms with Gasteiger partial charge in [-0.05, 0) is 53.6 Å². The molecule has 0 bridgehead atoms. The molecule has 1 aliphatic rings. The average Bonchev–Trinajstić information content (AvgIpc) is 3.62. The molecule has 0 unspecified atom stereocenters. The molecule has 1 aliphatic heterocycles. The van der Waals surface area contributed by atoms with Gasteiger partial charge in [0.2, 0.25) is 23.8 Å². The van der Waals surface area contributed by atoms with Crippen molar-refractivity contribution in [1.29, 1.82) is 0 Å². The molecule has 2 amide bonds. The summed E-state index contributed by atoms with van der Waals surface area (Å²) < 4.78 is 13.8. The van der Waals surface area contributed by atoms with Gasteiger partial charge in [0.25, 0.3) is 5.91 Å². The molecule has 15 nitrogen and oxygen atoms in total. The average molecular weight is 769 g/mol. The van der Waals surface area contributed by atoms with Crippen LogP contribution < -0.4 is 16.0 Å². The Morgan fingerprint density at radius 3 is 2.40 bits per heavy atom. The van der Waals surface area contributed by atoms with Gasteiger partial charge in [-0.1, -0.05) is 48.5 Å². The minimum atomic E-state index is -0.746. The third-order valence-electron chi connectivity index (χ3n) is 9.47. The second-order valence-corrected chi connectivity index (χ2v) is 13.8. The molecule has 1 fully saturated rings. The Bertz CT molecular complexity index is 2420. The number of hydrogen-bond acceptors (Lipinski definition) is 11. The van der Waals surface area contributed by atoms with E-state index in [1.165, 1.54) is 23.1 Å². The van der Waals surface area contributed by atoms with Crippen molar-refractivity contribution in [1.82, 2.24) is 39.6 Å². The molecule has 2 aromatic heterocycles. The van der Waals surface area contributed by atoms with E-state index >= 15 is 0 Å². The maximum Gasteiger partial charge on any atom is 0.257 e. The number of carbonyl (C=O) groups excluding carboxylic acids is 2. The van der Waals surface area contributed by atoms with Gasteiger partial charge in [0, 0.05) is 58.9 Å². The number of nitrogens with one attached hydrogen (secondary N) is 4. The summed E-state index contributed by atoms with van der Waals surface area (Å²) in [5.41, 5.74) is 4.60. The predicted octanol–water partition coefficient (Wildman–Crippen LogP) is 5.57. The summed E-state index contributed by atoms with van der Waals surface area (Å²) >= 11 is 0. The molecule has 16 heteroatoms. The first-order valence-corrected chi connectivity index (χ1v) is 18.3. The van der Waals surface area contributed by atoms with Gasteiger partial charge in [-0.3, -0.25) is 14.5 Å². The summed E-state index contributed by atoms with van der Waals surface area (Å²) in [6.07, 6.45) is 0.307. The number of para-hydroxylation sites is 1. The molecule has 0 saturated carbocycles. The number of nitrogens with zero attached hydrogens (tertiary/aromatic N) is 8. The molecule has 7 rings (SSSR count). The highest BCUT2D eigenvalue weighted by Crippen LogP contribution is 2.23. The Hall–Kier alpha value is -7.12. The van der Waals surface area contributed by atoms with Crippen LogP contribution in [0.4, 0.5) is 33.6 Å². The first-order chi connectivity index (χ1) is 27.6. The summed E-state index contributed by atoms with van der Waals surface area (Å²) in [4.78, 5) is 56.9. The molecular weight excluding hydrogens is 728 g/mol. The van der Waals surface area contributed by atoms with Crippen LogP contribution in [0.2, 0.25) is 0 Å². The van der Waals surface area contributed by atoms with E-state index < -0.39 is 6.04 Å². The second-order valence-electron chi connectivity index (χ2n) is 13.8. The molecule has 4 aromatic carbocycles. The summed E-state index contributed by atoms with van der Waals surface area (Å²) in [6.45, 7) is 10.5. The highest BCUT2D eigenvalue weighted by molar-refractivity contribution is 5.96. The Balaban J connectivity index is 1.08. The van der Waals surface area contributed by atoms with Crippen molar-refractivity contribution in [3.8, 4) is 5.75 Å². The van der Waals surface area contributed by atoms with E-state index in [0.29, 0.717) is 67.3 Å². The molecule has 1 atom stereocenters. The molecule has 1 saturated heterocycles. The first kappa shape index (κ1) is 38.2. The van der Waals surface area contributed by atoms with Gasteiger partial charge < -0.3 is 35.8 Å². The third-order valence-corrected chi connectivity index (χ3v) is 9.47. The van der Waals surface area contributed by atoms with Crippen LogP contribution in [0.3, 0.4) is 0 Å². The van der Waals surface area contributed by atoms with Gasteiger partial charge in [0.15, 0.2) is 5.69 Å². The number of hydrogen-bond donors (Lipinski definition) is 5. The lowest BCUT2D eigenvalue weighted by Crippen LogP contribution is -2.48. The van der Waals surface area contributed by atoms with Crippen molar-refractivity contribution in [2.24, 2.45) is 0 Å². The minimum Gasteiger partial charge on any atom is -0.507 e. The fourth-order valence-corrected chi connectivity index (χ4v) is 6.54. The maximum atomic E-state index is 13.8. The quantitative estimate of drug-likeness (QED) is 0.0931. The zero-order valence-corrected chi connectivity index (χ0v) is 31.4. The van der Waals surface area contributed by atoms with E-state index in [-0.39, 0.29) is 47.8 Å². The van der Waals surface area contributed by atoms with Crippen molar-refractivity contribution < 1.29 is 19.1 Å². The zero-order chi connectivity index (χ0) is 39.9. The van der Waals surface area contributed by atoms with Gasteiger partial charge in [0.1, 0.15) is 23.4 Å². The standard InChI is InChI=1S/C41H41FN12O3/c1-43-29-14-11-26(12-15-29)22-34(38(57)52(2)3)48-41-50-39(44-24-36-46-32-16-13-28(42)23-33(32)47-36)49-40(51-41)45-30-8-6-7-27(21-30)25-53-17-19-54(20-18-53)37(56)31-9-4-5-10-35(31)55/h4-16,21,23,34,55H,17-20,22,24-25H2,2-3H3,(H,46,47)(H3,44,45,48,49,50,51)/t34-/m0/s1. The van der Waals surface area contributed by atoms with E-state index in [0.717, 1.165) is 16.8 Å². The van der Waals surface area contributed by atoms with E-state index in [4.69, 9.17) is 6.57 Å². The number of benzene rings is 4. The normalized spacial score (nSPS) is 13.5. The number of aromatic amines is 1. The van der Waals surface area contributed by atoms with E-state index in [9.17, 15) is 19.1 Å². The first-order valence-electron chi connectivity index (χ1n) is 18.3. The number of aromatic hydroxyl groups is 1. The Kier molecular flexibility index (Phi) is 11.5. The number of fused-ring (bicyclic) bond motifs is 1. The number of phenols is 1. The molecule has 0 aliphatic carbocycles. The number of anilines is 4. The summed E-state index contributed by atoms with van der Waals surface area (Å²) in [5.74, 6) is 0.334. The summed E-state index contributed by atoms with van der Waals surface area (Å²) in [6, 6.07) is 25.1. The number of halogens is 1. The van der Waals surface area contributed by atoms with Crippen LogP contribution in [0.25, 0.3) is 15.9 Å². The summed E-state index contributed by atoms with van der Waals surface area (Å²) in [7, 11) is 3.35. The zero-order valence-electron chi connectivity index (χ0n) is 31.4. The number of imidazole rings is 1. The van der Waals surface area contributed by atoms with Crippen LogP contribution in [0.15, 0.2) is 91.0 Å². The van der Waals surface area contributed by atoms with Gasteiger partial charge in [-0.2, -0.15) is 15.0 Å². The van der Waals surface area contributed by atoms with Crippen molar-refractivity contribution >= 4 is 52.1 Å². The number of piperazine rings is 1. The fourth-order valence-electron chi connectivity index (χ4n) is 6.54. The number of likely N-dealkylation sites (N-methyl/N-ethyl adjacent to an activating group) is 1. The monoisotopic (exact) mass is 768 g/mol. The van der Waals surface area contributed by atoms with Gasteiger partial charge in [-0.25, -0.2) is 14.2 Å². The highest BCUT2D eigenvalue weighted by Gasteiger charge is 2.25. The SMILES string of the molecule is [C-]#[N+]c1ccc(C[C@H](Nc2nc(NCc3nc4ccc(F)cc4[nH]3)nc(Nc3cccc(CN4CCN(C(=O)c5ccccc5O)CC4)c3)n2)C(=O)N(C)C)cc1. The van der Waals surface area contributed by atoms with Gasteiger partial charge in [-0.15, -0.1) is 0 Å². The van der Waals surface area contributed by atoms with Crippen LogP contribution in [0.5, 0.6) is 5.75 Å². The molecule has 0 spiro atoms. The molecule has 5 N–H and O–H groups in total. The van der Waals surface area contributed by atoms with E-state index in [2.05, 4.69) is 50.6 Å². The van der Waals surface area contributed by atoms with Crippen LogP contribution in [0, 0.1) is 12.4 Å². The van der Waals surface area contributed by atoms with Crippen molar-refractivity contribution in [2.75, 3.05) is 56.2 Å². The number of H-pyrrole nitrogens is 1. The van der Waals surface area contributed by atoms with Crippen molar-refractivity contribution in [3.05, 3.63) is 131 Å². The second kappa shape index (κ2) is 17.1. The minimum absolute atomic E-state index is 0.0203. The molecule has 0 radical (unpaired) electrons. The number of rotatable bonds is 13. The number of phenolic OH excluding ortho intramolecular Hbond substituents is 1. The van der Waals surface area contributed by atoms with Crippen molar-refractivity contribution in [3.63, 3.8) is 0 Å². The number of amides is 2. The van der Waals surface area contributed by atoms with Crippen molar-refractivity contribution in [2.45, 2.75) is 25.6 Å². The third kappa shape index (κ3) is 9.58. The fraction of sp³-hybridized carbons (Fsp3) is 0.244. The lowest BCUT2D eigenvalue weighted by molar-refractivity contribution is -0.129. The topological polar surface area (TPSA) is 172 Å². The molecule has 6 aromatic rings. The summed E-state index contributed by atoms with van der Waals surface area (Å²) in [5, 5.41) is 19.8. The predicted molar refractivity (Wildman–Crippen MR) is 215 cm³/mol. The maximum absolute atomic E-state index is 13.8. The van der Waals surface area contributed by atoms with Crippen LogP contribution >= 0.6 is 0 Å². The Morgan fingerprint density at radius 1 is 0.895 bits per heavy atom. The lowest BCUT2D eigenvalue weighted by atomic mass is 10.0. The van der Waals surface area contributed by atoms with E-state index in [1.54, 1.807) is 55.4 Å². The number of aromatic nitrogens is 5. The lowest BCUT2D eigenvalue weighted by Gasteiger charge is -2.35. The number of carbonyl (C=O) groups is 2. The smallest absolute Gasteiger partial charge is 0.257 e. The molecule has 290 valence electrons. The molecule has 3 heterocycles. The van der Waals surface area contributed by atoms with Crippen LogP contribution in [-0.4, -0.2) is 103 Å². The Morgan fingerprint density at radius 2 is 1.65 bits per heavy atom. The Labute approximate surface area is 328 Å². The molecule has 57 heavy (non-hydrogen) atoms. The van der Waals surface area contributed by atoms with Gasteiger partial charge in [0.05, 0.1) is 29.7 Å².